The smallest absolute Gasteiger partial charge is 0.307 e. The number of carbonyl (C=O) groups is 2. The molecule has 80 valence electrons. The minimum absolute atomic E-state index is 0.165. The van der Waals surface area contributed by atoms with Crippen molar-refractivity contribution in [2.24, 2.45) is 11.8 Å². The number of carbonyl (C=O) groups excluding carboxylic acids is 1. The number of aromatic nitrogens is 4. The Balaban J connectivity index is 1.77. The molecule has 15 heavy (non-hydrogen) atoms. The van der Waals surface area contributed by atoms with Gasteiger partial charge in [-0.3, -0.25) is 9.59 Å². The van der Waals surface area contributed by atoms with Crippen LogP contribution >= 0.6 is 0 Å². The predicted molar refractivity (Wildman–Crippen MR) is 45.3 cm³/mol. The van der Waals surface area contributed by atoms with E-state index in [9.17, 15) is 9.59 Å². The number of hydrogen-bond donors (Lipinski definition) is 3. The highest BCUT2D eigenvalue weighted by Gasteiger charge is 2.48. The minimum atomic E-state index is -0.922. The number of hydrogen-bond acceptors (Lipinski definition) is 5. The van der Waals surface area contributed by atoms with Crippen LogP contribution in [0.3, 0.4) is 0 Å². The fourth-order valence-electron chi connectivity index (χ4n) is 1.31. The van der Waals surface area contributed by atoms with Crippen LogP contribution in [0.15, 0.2) is 0 Å². The molecule has 0 aliphatic heterocycles. The summed E-state index contributed by atoms with van der Waals surface area (Å²) in [6.45, 7) is 0.165. The van der Waals surface area contributed by atoms with Gasteiger partial charge in [0.2, 0.25) is 5.91 Å². The van der Waals surface area contributed by atoms with Gasteiger partial charge in [-0.25, -0.2) is 0 Å². The zero-order valence-corrected chi connectivity index (χ0v) is 7.67. The van der Waals surface area contributed by atoms with Crippen LogP contribution in [-0.4, -0.2) is 37.6 Å². The van der Waals surface area contributed by atoms with E-state index in [4.69, 9.17) is 5.11 Å². The highest BCUT2D eigenvalue weighted by Crippen LogP contribution is 2.38. The van der Waals surface area contributed by atoms with Crippen molar-refractivity contribution in [3.8, 4) is 0 Å². The molecule has 1 fully saturated rings. The Hall–Kier alpha value is -1.99. The van der Waals surface area contributed by atoms with Gasteiger partial charge < -0.3 is 10.4 Å². The van der Waals surface area contributed by atoms with Gasteiger partial charge in [0.25, 0.3) is 0 Å². The number of nitrogens with one attached hydrogen (secondary N) is 2. The molecule has 0 bridgehead atoms. The van der Waals surface area contributed by atoms with Crippen molar-refractivity contribution in [1.82, 2.24) is 25.9 Å². The maximum atomic E-state index is 11.4. The second-order valence-electron chi connectivity index (χ2n) is 3.33. The van der Waals surface area contributed by atoms with Crippen LogP contribution in [0, 0.1) is 11.8 Å². The topological polar surface area (TPSA) is 121 Å². The quantitative estimate of drug-likeness (QED) is 0.559. The summed E-state index contributed by atoms with van der Waals surface area (Å²) >= 11 is 0. The summed E-state index contributed by atoms with van der Waals surface area (Å²) in [5.74, 6) is -1.76. The molecule has 1 aromatic heterocycles. The van der Waals surface area contributed by atoms with Gasteiger partial charge in [0.05, 0.1) is 18.4 Å². The fraction of sp³-hybridized carbons (Fsp3) is 0.571. The highest BCUT2D eigenvalue weighted by molar-refractivity contribution is 5.89. The molecule has 2 unspecified atom stereocenters. The monoisotopic (exact) mass is 211 g/mol. The Morgan fingerprint density at radius 3 is 2.87 bits per heavy atom. The van der Waals surface area contributed by atoms with Crippen LogP contribution in [0.25, 0.3) is 0 Å². The van der Waals surface area contributed by atoms with Crippen molar-refractivity contribution in [2.45, 2.75) is 13.0 Å². The van der Waals surface area contributed by atoms with Crippen molar-refractivity contribution < 1.29 is 14.7 Å². The van der Waals surface area contributed by atoms with Crippen LogP contribution in [0.5, 0.6) is 0 Å². The molecule has 0 saturated heterocycles. The average Bonchev–Trinajstić information content (AvgIpc) is 2.85. The van der Waals surface area contributed by atoms with Crippen LogP contribution in [0.4, 0.5) is 0 Å². The second-order valence-corrected chi connectivity index (χ2v) is 3.33. The molecule has 1 aliphatic rings. The molecule has 1 aliphatic carbocycles. The van der Waals surface area contributed by atoms with Crippen molar-refractivity contribution in [1.29, 1.82) is 0 Å². The number of tetrazole rings is 1. The first-order chi connectivity index (χ1) is 7.18. The van der Waals surface area contributed by atoms with E-state index in [0.717, 1.165) is 0 Å². The molecular weight excluding hydrogens is 202 g/mol. The molecular formula is C7H9N5O3. The number of aromatic amines is 1. The molecule has 3 N–H and O–H groups in total. The van der Waals surface area contributed by atoms with Gasteiger partial charge in [-0.05, 0) is 6.42 Å². The van der Waals surface area contributed by atoms with Crippen molar-refractivity contribution in [3.63, 3.8) is 0 Å². The Morgan fingerprint density at radius 2 is 2.33 bits per heavy atom. The van der Waals surface area contributed by atoms with Crippen LogP contribution in [-0.2, 0) is 16.1 Å². The number of H-pyrrole nitrogens is 1. The molecule has 8 heteroatoms. The summed E-state index contributed by atoms with van der Waals surface area (Å²) in [5.41, 5.74) is 0. The molecule has 0 aromatic carbocycles. The molecule has 1 aromatic rings. The van der Waals surface area contributed by atoms with Crippen molar-refractivity contribution >= 4 is 11.9 Å². The normalized spacial score (nSPS) is 23.5. The maximum absolute atomic E-state index is 11.4. The lowest BCUT2D eigenvalue weighted by Crippen LogP contribution is -2.26. The highest BCUT2D eigenvalue weighted by atomic mass is 16.4. The Labute approximate surface area is 84.1 Å². The van der Waals surface area contributed by atoms with Crippen LogP contribution in [0.1, 0.15) is 12.2 Å². The van der Waals surface area contributed by atoms with E-state index < -0.39 is 17.8 Å². The lowest BCUT2D eigenvalue weighted by Gasteiger charge is -1.99. The van der Waals surface area contributed by atoms with Gasteiger partial charge in [-0.15, -0.1) is 10.2 Å². The summed E-state index contributed by atoms with van der Waals surface area (Å²) in [4.78, 5) is 21.8. The van der Waals surface area contributed by atoms with Gasteiger partial charge in [0, 0.05) is 0 Å². The molecule has 8 nitrogen and oxygen atoms in total. The van der Waals surface area contributed by atoms with Gasteiger partial charge >= 0.3 is 5.97 Å². The van der Waals surface area contributed by atoms with Gasteiger partial charge in [0.15, 0.2) is 5.82 Å². The zero-order valence-electron chi connectivity index (χ0n) is 7.67. The van der Waals surface area contributed by atoms with Gasteiger partial charge in [-0.2, -0.15) is 5.21 Å². The first kappa shape index (κ1) is 9.56. The number of aliphatic carboxylic acids is 1. The predicted octanol–water partition coefficient (Wildman–Crippen LogP) is -1.46. The maximum Gasteiger partial charge on any atom is 0.307 e. The lowest BCUT2D eigenvalue weighted by atomic mass is 10.3. The van der Waals surface area contributed by atoms with Crippen LogP contribution in [0.2, 0.25) is 0 Å². The Kier molecular flexibility index (Phi) is 2.32. The van der Waals surface area contributed by atoms with Crippen molar-refractivity contribution in [3.05, 3.63) is 5.82 Å². The average molecular weight is 211 g/mol. The second kappa shape index (κ2) is 3.64. The third kappa shape index (κ3) is 2.09. The van der Waals surface area contributed by atoms with E-state index in [0.29, 0.717) is 12.2 Å². The van der Waals surface area contributed by atoms with Crippen molar-refractivity contribution in [2.75, 3.05) is 0 Å². The summed E-state index contributed by atoms with van der Waals surface area (Å²) in [6, 6.07) is 0. The molecule has 0 spiro atoms. The fourth-order valence-corrected chi connectivity index (χ4v) is 1.31. The Bertz CT molecular complexity index is 376. The van der Waals surface area contributed by atoms with E-state index in [1.807, 2.05) is 0 Å². The molecule has 1 amide bonds. The number of rotatable bonds is 4. The standard InChI is InChI=1S/C7H9N5O3/c13-6(3-1-4(3)7(14)15)8-2-5-9-11-12-10-5/h3-4H,1-2H2,(H,8,13)(H,14,15)(H,9,10,11,12). The van der Waals surface area contributed by atoms with Crippen LogP contribution < -0.4 is 5.32 Å². The summed E-state index contributed by atoms with van der Waals surface area (Å²) in [5, 5.41) is 24.0. The number of carboxylic acid groups (broad SMARTS) is 1. The summed E-state index contributed by atoms with van der Waals surface area (Å²) < 4.78 is 0. The summed E-state index contributed by atoms with van der Waals surface area (Å²) in [7, 11) is 0. The lowest BCUT2D eigenvalue weighted by molar-refractivity contribution is -0.140. The number of carboxylic acids is 1. The van der Waals surface area contributed by atoms with Gasteiger partial charge in [-0.1, -0.05) is 5.21 Å². The molecule has 0 radical (unpaired) electrons. The van der Waals surface area contributed by atoms with Gasteiger partial charge in [0.1, 0.15) is 0 Å². The Morgan fingerprint density at radius 1 is 1.53 bits per heavy atom. The van der Waals surface area contributed by atoms with E-state index in [2.05, 4.69) is 25.9 Å². The molecule has 2 atom stereocenters. The third-order valence-corrected chi connectivity index (χ3v) is 2.25. The first-order valence-electron chi connectivity index (χ1n) is 4.41. The zero-order chi connectivity index (χ0) is 10.8. The third-order valence-electron chi connectivity index (χ3n) is 2.25. The van der Waals surface area contributed by atoms with E-state index in [-0.39, 0.29) is 12.5 Å². The molecule has 1 heterocycles. The van der Waals surface area contributed by atoms with E-state index in [1.165, 1.54) is 0 Å². The number of amides is 1. The largest absolute Gasteiger partial charge is 0.481 e. The first-order valence-corrected chi connectivity index (χ1v) is 4.41. The summed E-state index contributed by atoms with van der Waals surface area (Å²) in [6.07, 6.45) is 0.410. The SMILES string of the molecule is O=C(O)C1CC1C(=O)NCc1nn[nH]n1. The minimum Gasteiger partial charge on any atom is -0.481 e. The van der Waals surface area contributed by atoms with E-state index >= 15 is 0 Å². The molecule has 2 rings (SSSR count). The number of nitrogens with zero attached hydrogens (tertiary/aromatic N) is 3. The molecule has 1 saturated carbocycles. The van der Waals surface area contributed by atoms with E-state index in [1.54, 1.807) is 0 Å².